The van der Waals surface area contributed by atoms with E-state index in [1.807, 2.05) is 0 Å². The van der Waals surface area contributed by atoms with Crippen molar-refractivity contribution in [2.24, 2.45) is 22.7 Å². The predicted octanol–water partition coefficient (Wildman–Crippen LogP) is -0.258. The molecule has 1 saturated carbocycles. The Labute approximate surface area is 112 Å². The smallest absolute Gasteiger partial charge is 0.239 e. The number of nitrogens with zero attached hydrogens (tertiary/aromatic N) is 2. The quantitative estimate of drug-likeness (QED) is 0.267. The van der Waals surface area contributed by atoms with Crippen LogP contribution in [0, 0.1) is 11.8 Å². The maximum atomic E-state index is 12.2. The molecule has 7 heteroatoms. The number of likely N-dealkylation sites (N-methyl/N-ethyl adjacent to an activating group) is 1. The number of hydrogen-bond acceptors (Lipinski definition) is 4. The summed E-state index contributed by atoms with van der Waals surface area (Å²) in [7, 11) is 1.54. The fourth-order valence-electron chi connectivity index (χ4n) is 1.85. The first kappa shape index (κ1) is 15.3. The highest BCUT2D eigenvalue weighted by Gasteiger charge is 2.31. The summed E-state index contributed by atoms with van der Waals surface area (Å²) >= 11 is 0. The van der Waals surface area contributed by atoms with Gasteiger partial charge in [-0.05, 0) is 18.8 Å². The highest BCUT2D eigenvalue weighted by molar-refractivity contribution is 6.03. The van der Waals surface area contributed by atoms with Gasteiger partial charge in [0.15, 0.2) is 5.84 Å². The summed E-state index contributed by atoms with van der Waals surface area (Å²) in [5.41, 5.74) is 5.53. The minimum Gasteiger partial charge on any atom is -0.409 e. The van der Waals surface area contributed by atoms with Gasteiger partial charge >= 0.3 is 0 Å². The van der Waals surface area contributed by atoms with E-state index in [-0.39, 0.29) is 36.2 Å². The molecule has 0 aromatic heterocycles. The van der Waals surface area contributed by atoms with Crippen LogP contribution in [0.2, 0.25) is 0 Å². The number of amides is 2. The molecule has 0 aromatic carbocycles. The largest absolute Gasteiger partial charge is 0.409 e. The van der Waals surface area contributed by atoms with Gasteiger partial charge in [-0.3, -0.25) is 9.59 Å². The molecule has 0 saturated heterocycles. The molecule has 0 radical (unpaired) electrons. The van der Waals surface area contributed by atoms with Crippen LogP contribution in [0.5, 0.6) is 0 Å². The van der Waals surface area contributed by atoms with Crippen molar-refractivity contribution >= 4 is 17.6 Å². The molecule has 1 aliphatic carbocycles. The van der Waals surface area contributed by atoms with Crippen molar-refractivity contribution in [1.82, 2.24) is 10.2 Å². The number of rotatable bonds is 6. The van der Waals surface area contributed by atoms with E-state index in [1.165, 1.54) is 11.9 Å². The third-order valence-corrected chi connectivity index (χ3v) is 3.07. The summed E-state index contributed by atoms with van der Waals surface area (Å²) in [6, 6.07) is 0.265. The molecule has 108 valence electrons. The van der Waals surface area contributed by atoms with E-state index in [2.05, 4.69) is 10.5 Å². The number of nitrogens with one attached hydrogen (secondary N) is 1. The molecule has 2 amide bonds. The third kappa shape index (κ3) is 4.42. The van der Waals surface area contributed by atoms with Gasteiger partial charge in [0, 0.05) is 13.1 Å². The van der Waals surface area contributed by atoms with Crippen LogP contribution in [0.4, 0.5) is 0 Å². The molecule has 4 N–H and O–H groups in total. The lowest BCUT2D eigenvalue weighted by Crippen LogP contribution is -2.46. The fourth-order valence-corrected chi connectivity index (χ4v) is 1.85. The van der Waals surface area contributed by atoms with Crippen molar-refractivity contribution in [2.75, 3.05) is 13.6 Å². The molecule has 1 fully saturated rings. The number of amidine groups is 1. The van der Waals surface area contributed by atoms with Crippen molar-refractivity contribution in [1.29, 1.82) is 0 Å². The third-order valence-electron chi connectivity index (χ3n) is 3.07. The van der Waals surface area contributed by atoms with E-state index in [0.717, 1.165) is 12.8 Å². The van der Waals surface area contributed by atoms with Crippen LogP contribution in [-0.2, 0) is 9.59 Å². The topological polar surface area (TPSA) is 108 Å². The van der Waals surface area contributed by atoms with Crippen molar-refractivity contribution in [3.63, 3.8) is 0 Å². The standard InChI is InChI=1S/C12H22N4O3/c1-7(2)10(11(13)15-19)12(18)16(3)6-9(17)14-8-4-5-8/h7-8,10,19H,4-6H2,1-3H3,(H2,13,15)(H,14,17). The van der Waals surface area contributed by atoms with Gasteiger partial charge in [0.1, 0.15) is 5.92 Å². The Bertz CT molecular complexity index is 377. The van der Waals surface area contributed by atoms with Crippen LogP contribution in [0.15, 0.2) is 5.16 Å². The van der Waals surface area contributed by atoms with Crippen molar-refractivity contribution in [2.45, 2.75) is 32.7 Å². The molecule has 0 aliphatic heterocycles. The maximum Gasteiger partial charge on any atom is 0.239 e. The van der Waals surface area contributed by atoms with Gasteiger partial charge in [0.2, 0.25) is 11.8 Å². The first-order chi connectivity index (χ1) is 8.86. The zero-order chi connectivity index (χ0) is 14.6. The molecule has 0 aromatic rings. The summed E-state index contributed by atoms with van der Waals surface area (Å²) in [5.74, 6) is -1.47. The average molecular weight is 270 g/mol. The number of hydrogen-bond donors (Lipinski definition) is 3. The second-order valence-electron chi connectivity index (χ2n) is 5.28. The molecule has 1 rings (SSSR count). The highest BCUT2D eigenvalue weighted by Crippen LogP contribution is 2.18. The van der Waals surface area contributed by atoms with Gasteiger partial charge in [-0.2, -0.15) is 0 Å². The van der Waals surface area contributed by atoms with E-state index in [1.54, 1.807) is 13.8 Å². The molecule has 7 nitrogen and oxygen atoms in total. The average Bonchev–Trinajstić information content (AvgIpc) is 3.11. The Morgan fingerprint density at radius 1 is 1.47 bits per heavy atom. The Hall–Kier alpha value is -1.79. The normalized spacial score (nSPS) is 17.2. The molecule has 1 aliphatic rings. The van der Waals surface area contributed by atoms with Crippen molar-refractivity contribution in [3.05, 3.63) is 0 Å². The summed E-state index contributed by atoms with van der Waals surface area (Å²) in [6.07, 6.45) is 2.00. The Kier molecular flexibility index (Phi) is 5.14. The van der Waals surface area contributed by atoms with Gasteiger partial charge in [0.05, 0.1) is 6.54 Å². The molecule has 0 bridgehead atoms. The van der Waals surface area contributed by atoms with E-state index in [9.17, 15) is 9.59 Å². The zero-order valence-corrected chi connectivity index (χ0v) is 11.6. The van der Waals surface area contributed by atoms with Gasteiger partial charge in [-0.1, -0.05) is 19.0 Å². The summed E-state index contributed by atoms with van der Waals surface area (Å²) < 4.78 is 0. The molecular weight excluding hydrogens is 248 g/mol. The first-order valence-electron chi connectivity index (χ1n) is 6.38. The van der Waals surface area contributed by atoms with Crippen LogP contribution in [-0.4, -0.2) is 47.4 Å². The van der Waals surface area contributed by atoms with Crippen LogP contribution >= 0.6 is 0 Å². The van der Waals surface area contributed by atoms with Crippen LogP contribution in [0.1, 0.15) is 26.7 Å². The highest BCUT2D eigenvalue weighted by atomic mass is 16.4. The van der Waals surface area contributed by atoms with Crippen molar-refractivity contribution < 1.29 is 14.8 Å². The summed E-state index contributed by atoms with van der Waals surface area (Å²) in [6.45, 7) is 3.59. The molecular formula is C12H22N4O3. The predicted molar refractivity (Wildman–Crippen MR) is 70.5 cm³/mol. The molecule has 0 heterocycles. The second kappa shape index (κ2) is 6.40. The summed E-state index contributed by atoms with van der Waals surface area (Å²) in [5, 5.41) is 14.4. The first-order valence-corrected chi connectivity index (χ1v) is 6.38. The zero-order valence-electron chi connectivity index (χ0n) is 11.6. The van der Waals surface area contributed by atoms with E-state index < -0.39 is 5.92 Å². The summed E-state index contributed by atoms with van der Waals surface area (Å²) in [4.78, 5) is 25.1. The Balaban J connectivity index is 2.59. The molecule has 1 atom stereocenters. The van der Waals surface area contributed by atoms with Gasteiger partial charge in [0.25, 0.3) is 0 Å². The van der Waals surface area contributed by atoms with E-state index in [4.69, 9.17) is 10.9 Å². The molecule has 0 spiro atoms. The lowest BCUT2D eigenvalue weighted by atomic mass is 9.93. The monoisotopic (exact) mass is 270 g/mol. The van der Waals surface area contributed by atoms with Crippen LogP contribution in [0.3, 0.4) is 0 Å². The number of carbonyl (C=O) groups excluding carboxylic acids is 2. The number of nitrogens with two attached hydrogens (primary N) is 1. The van der Waals surface area contributed by atoms with Crippen LogP contribution < -0.4 is 11.1 Å². The fraction of sp³-hybridized carbons (Fsp3) is 0.750. The number of carbonyl (C=O) groups is 2. The SMILES string of the molecule is CC(C)C(C(=O)N(C)CC(=O)NC1CC1)C(N)=NO. The Morgan fingerprint density at radius 3 is 2.47 bits per heavy atom. The van der Waals surface area contributed by atoms with E-state index >= 15 is 0 Å². The minimum atomic E-state index is -0.719. The molecule has 1 unspecified atom stereocenters. The van der Waals surface area contributed by atoms with E-state index in [0.29, 0.717) is 0 Å². The number of oxime groups is 1. The van der Waals surface area contributed by atoms with Gasteiger partial charge < -0.3 is 21.2 Å². The van der Waals surface area contributed by atoms with Gasteiger partial charge in [-0.15, -0.1) is 0 Å². The van der Waals surface area contributed by atoms with Crippen molar-refractivity contribution in [3.8, 4) is 0 Å². The van der Waals surface area contributed by atoms with Gasteiger partial charge in [-0.25, -0.2) is 0 Å². The molecule has 19 heavy (non-hydrogen) atoms. The van der Waals surface area contributed by atoms with Crippen LogP contribution in [0.25, 0.3) is 0 Å². The maximum absolute atomic E-state index is 12.2. The lowest BCUT2D eigenvalue weighted by Gasteiger charge is -2.24. The Morgan fingerprint density at radius 2 is 2.05 bits per heavy atom. The lowest BCUT2D eigenvalue weighted by molar-refractivity contribution is -0.137. The minimum absolute atomic E-state index is 0.0166. The second-order valence-corrected chi connectivity index (χ2v) is 5.28.